The van der Waals surface area contributed by atoms with E-state index in [1.807, 2.05) is 11.6 Å². The van der Waals surface area contributed by atoms with E-state index < -0.39 is 0 Å². The summed E-state index contributed by atoms with van der Waals surface area (Å²) < 4.78 is 0. The number of hydrogen-bond acceptors (Lipinski definition) is 4. The summed E-state index contributed by atoms with van der Waals surface area (Å²) in [7, 11) is 0. The third kappa shape index (κ3) is 16.4. The van der Waals surface area contributed by atoms with Crippen LogP contribution in [-0.4, -0.2) is 23.0 Å². The van der Waals surface area contributed by atoms with Crippen LogP contribution >= 0.6 is 73.4 Å². The first-order chi connectivity index (χ1) is 13.9. The normalized spacial score (nSPS) is 15.6. The number of benzene rings is 1. The van der Waals surface area contributed by atoms with Gasteiger partial charge >= 0.3 is 0 Å². The number of nitrogens with one attached hydrogen (secondary N) is 1. The Bertz CT molecular complexity index is 630. The fourth-order valence-corrected chi connectivity index (χ4v) is 4.57. The van der Waals surface area contributed by atoms with E-state index in [-0.39, 0.29) is 62.0 Å². The second-order valence-electron chi connectivity index (χ2n) is 8.17. The smallest absolute Gasteiger partial charge is 0.182 e. The van der Waals surface area contributed by atoms with Gasteiger partial charge < -0.3 is 5.32 Å². The van der Waals surface area contributed by atoms with Crippen molar-refractivity contribution in [1.82, 2.24) is 9.88 Å². The molecular weight excluding hydrogens is 540 g/mol. The van der Waals surface area contributed by atoms with Crippen molar-refractivity contribution < 1.29 is 0 Å². The average Bonchev–Trinajstić information content (AvgIpc) is 3.24. The lowest BCUT2D eigenvalue weighted by atomic mass is 10.0. The topological polar surface area (TPSA) is 28.2 Å². The van der Waals surface area contributed by atoms with E-state index in [1.165, 1.54) is 94.8 Å². The summed E-state index contributed by atoms with van der Waals surface area (Å²) in [6.45, 7) is 4.46. The van der Waals surface area contributed by atoms with Crippen LogP contribution in [0.5, 0.6) is 0 Å². The van der Waals surface area contributed by atoms with Gasteiger partial charge in [-0.15, -0.1) is 73.4 Å². The molecule has 0 radical (unpaired) electrons. The van der Waals surface area contributed by atoms with Crippen molar-refractivity contribution in [3.05, 3.63) is 47.0 Å². The zero-order valence-corrected chi connectivity index (χ0v) is 24.3. The second kappa shape index (κ2) is 23.8. The summed E-state index contributed by atoms with van der Waals surface area (Å²) in [4.78, 5) is 6.97. The predicted molar refractivity (Wildman–Crippen MR) is 158 cm³/mol. The number of aromatic nitrogens is 1. The molecule has 194 valence electrons. The van der Waals surface area contributed by atoms with Gasteiger partial charge in [-0.3, -0.25) is 4.90 Å². The minimum Gasteiger partial charge on any atom is -0.357 e. The van der Waals surface area contributed by atoms with Crippen molar-refractivity contribution in [1.29, 1.82) is 0 Å². The standard InChI is InChI=1S/C24H37N3S.5ClH/c1-2-4-6-8-10-17-27(18-11-9-7-5-3-1)21-23-14-12-22(13-15-23)20-26-24-25-16-19-28-24;;;;;/h12-16,19H,1-11,17-18,20-21H2,(H,25,26);5*1H. The molecule has 1 aromatic heterocycles. The van der Waals surface area contributed by atoms with Crippen LogP contribution in [0, 0.1) is 0 Å². The van der Waals surface area contributed by atoms with Crippen molar-refractivity contribution in [2.75, 3.05) is 18.4 Å². The van der Waals surface area contributed by atoms with Crippen LogP contribution in [0.15, 0.2) is 35.8 Å². The van der Waals surface area contributed by atoms with Crippen LogP contribution in [0.25, 0.3) is 0 Å². The molecule has 0 amide bonds. The lowest BCUT2D eigenvalue weighted by Gasteiger charge is -2.23. The number of thiazole rings is 1. The van der Waals surface area contributed by atoms with E-state index in [0.717, 1.165) is 18.2 Å². The highest BCUT2D eigenvalue weighted by Gasteiger charge is 2.07. The van der Waals surface area contributed by atoms with Gasteiger partial charge in [-0.2, -0.15) is 0 Å². The van der Waals surface area contributed by atoms with Crippen LogP contribution < -0.4 is 5.32 Å². The van der Waals surface area contributed by atoms with Gasteiger partial charge in [0.15, 0.2) is 5.13 Å². The molecule has 1 fully saturated rings. The molecule has 1 N–H and O–H groups in total. The third-order valence-corrected chi connectivity index (χ3v) is 6.48. The Balaban J connectivity index is -0.00000180. The molecule has 3 rings (SSSR count). The number of anilines is 1. The van der Waals surface area contributed by atoms with Crippen molar-refractivity contribution >= 4 is 78.5 Å². The molecule has 1 aromatic carbocycles. The monoisotopic (exact) mass is 579 g/mol. The Labute approximate surface area is 236 Å². The summed E-state index contributed by atoms with van der Waals surface area (Å²) >= 11 is 1.65. The molecule has 2 aromatic rings. The van der Waals surface area contributed by atoms with Crippen LogP contribution in [0.1, 0.15) is 81.8 Å². The minimum atomic E-state index is 0. The van der Waals surface area contributed by atoms with E-state index in [2.05, 4.69) is 39.5 Å². The highest BCUT2D eigenvalue weighted by molar-refractivity contribution is 7.13. The van der Waals surface area contributed by atoms with Gasteiger partial charge in [0.2, 0.25) is 0 Å². The summed E-state index contributed by atoms with van der Waals surface area (Å²) in [6.07, 6.45) is 17.5. The van der Waals surface area contributed by atoms with E-state index in [1.54, 1.807) is 11.3 Å². The zero-order chi connectivity index (χ0) is 19.3. The predicted octanol–water partition coefficient (Wildman–Crippen LogP) is 8.97. The Morgan fingerprint density at radius 3 is 1.58 bits per heavy atom. The van der Waals surface area contributed by atoms with Gasteiger partial charge in [-0.1, -0.05) is 82.1 Å². The molecule has 0 atom stereocenters. The molecule has 33 heavy (non-hydrogen) atoms. The van der Waals surface area contributed by atoms with E-state index >= 15 is 0 Å². The zero-order valence-electron chi connectivity index (χ0n) is 19.4. The maximum Gasteiger partial charge on any atom is 0.182 e. The Morgan fingerprint density at radius 1 is 0.667 bits per heavy atom. The first-order valence-electron chi connectivity index (χ1n) is 11.3. The van der Waals surface area contributed by atoms with Gasteiger partial charge in [0.1, 0.15) is 0 Å². The van der Waals surface area contributed by atoms with Crippen molar-refractivity contribution in [2.24, 2.45) is 0 Å². The largest absolute Gasteiger partial charge is 0.357 e. The molecule has 0 bridgehead atoms. The molecule has 2 heterocycles. The van der Waals surface area contributed by atoms with E-state index in [0.29, 0.717) is 0 Å². The maximum absolute atomic E-state index is 4.28. The lowest BCUT2D eigenvalue weighted by Crippen LogP contribution is -2.25. The SMILES string of the molecule is Cl.Cl.Cl.Cl.Cl.c1csc(NCc2ccc(CN3CCCCCCCCCCCCC3)cc2)n1. The molecule has 1 aliphatic heterocycles. The van der Waals surface area contributed by atoms with Crippen LogP contribution in [0.2, 0.25) is 0 Å². The fourth-order valence-electron chi connectivity index (χ4n) is 4.04. The summed E-state index contributed by atoms with van der Waals surface area (Å²) in [5.41, 5.74) is 2.76. The molecule has 1 aliphatic rings. The van der Waals surface area contributed by atoms with Crippen molar-refractivity contribution in [3.63, 3.8) is 0 Å². The Morgan fingerprint density at radius 2 is 1.12 bits per heavy atom. The third-order valence-electron chi connectivity index (χ3n) is 5.75. The Kier molecular flexibility index (Phi) is 27.1. The highest BCUT2D eigenvalue weighted by atomic mass is 35.5. The molecule has 0 spiro atoms. The fraction of sp³-hybridized carbons (Fsp3) is 0.625. The molecule has 0 aliphatic carbocycles. The van der Waals surface area contributed by atoms with Gasteiger partial charge in [0.05, 0.1) is 0 Å². The number of halogens is 5. The first kappa shape index (κ1) is 37.6. The van der Waals surface area contributed by atoms with E-state index in [4.69, 9.17) is 0 Å². The van der Waals surface area contributed by atoms with Crippen molar-refractivity contribution in [3.8, 4) is 0 Å². The molecule has 9 heteroatoms. The minimum absolute atomic E-state index is 0. The van der Waals surface area contributed by atoms with Crippen LogP contribution in [0.3, 0.4) is 0 Å². The van der Waals surface area contributed by atoms with Gasteiger partial charge in [-0.05, 0) is 37.1 Å². The number of hydrogen-bond donors (Lipinski definition) is 1. The molecule has 0 unspecified atom stereocenters. The second-order valence-corrected chi connectivity index (χ2v) is 9.07. The molecule has 3 nitrogen and oxygen atoms in total. The number of rotatable bonds is 5. The number of nitrogens with zero attached hydrogens (tertiary/aromatic N) is 2. The average molecular weight is 582 g/mol. The van der Waals surface area contributed by atoms with Gasteiger partial charge in [0.25, 0.3) is 0 Å². The molecule has 0 saturated carbocycles. The maximum atomic E-state index is 4.28. The summed E-state index contributed by atoms with van der Waals surface area (Å²) in [5, 5.41) is 6.39. The summed E-state index contributed by atoms with van der Waals surface area (Å²) in [5.74, 6) is 0. The van der Waals surface area contributed by atoms with Gasteiger partial charge in [0, 0.05) is 24.7 Å². The first-order valence-corrected chi connectivity index (χ1v) is 12.2. The summed E-state index contributed by atoms with van der Waals surface area (Å²) in [6, 6.07) is 9.15. The molecular formula is C24H42Cl5N3S. The lowest BCUT2D eigenvalue weighted by molar-refractivity contribution is 0.251. The molecule has 1 saturated heterocycles. The Hall–Kier alpha value is 0.0600. The highest BCUT2D eigenvalue weighted by Crippen LogP contribution is 2.16. The van der Waals surface area contributed by atoms with Crippen LogP contribution in [-0.2, 0) is 13.1 Å². The quantitative estimate of drug-likeness (QED) is 0.382. The van der Waals surface area contributed by atoms with Crippen molar-refractivity contribution in [2.45, 2.75) is 83.7 Å². The van der Waals surface area contributed by atoms with Crippen LogP contribution in [0.4, 0.5) is 5.13 Å². The van der Waals surface area contributed by atoms with Gasteiger partial charge in [-0.25, -0.2) is 4.98 Å². The van der Waals surface area contributed by atoms with E-state index in [9.17, 15) is 0 Å².